The number of rotatable bonds is 6. The van der Waals surface area contributed by atoms with Crippen molar-refractivity contribution >= 4 is 62.4 Å². The smallest absolute Gasteiger partial charge is 0.228 e. The quantitative estimate of drug-likeness (QED) is 0.489. The zero-order valence-electron chi connectivity index (χ0n) is 18.8. The van der Waals surface area contributed by atoms with E-state index >= 15 is 0 Å². The van der Waals surface area contributed by atoms with E-state index in [1.807, 2.05) is 28.5 Å². The molecule has 0 atom stereocenters. The lowest BCUT2D eigenvalue weighted by molar-refractivity contribution is -0.133. The summed E-state index contributed by atoms with van der Waals surface area (Å²) in [6, 6.07) is 7.51. The second-order valence-electron chi connectivity index (χ2n) is 8.72. The molecule has 2 fully saturated rings. The van der Waals surface area contributed by atoms with E-state index in [0.29, 0.717) is 48.0 Å². The summed E-state index contributed by atoms with van der Waals surface area (Å²) >= 11 is 14.0. The molecule has 2 aliphatic rings. The maximum Gasteiger partial charge on any atom is 0.228 e. The van der Waals surface area contributed by atoms with E-state index in [9.17, 15) is 4.79 Å². The number of hydrogen-bond donors (Lipinski definition) is 1. The van der Waals surface area contributed by atoms with Crippen LogP contribution in [0.4, 0.5) is 11.8 Å². The summed E-state index contributed by atoms with van der Waals surface area (Å²) < 4.78 is 6.43. The second-order valence-corrected chi connectivity index (χ2v) is 10.5. The lowest BCUT2D eigenvalue weighted by Crippen LogP contribution is -2.49. The molecule has 1 aromatic carbocycles. The Balaban J connectivity index is 1.25. The number of fused-ring (bicyclic) bond motifs is 1. The van der Waals surface area contributed by atoms with Gasteiger partial charge in [0.05, 0.1) is 10.2 Å². The van der Waals surface area contributed by atoms with Gasteiger partial charge in [-0.15, -0.1) is 11.3 Å². The summed E-state index contributed by atoms with van der Waals surface area (Å²) in [6.45, 7) is 4.90. The van der Waals surface area contributed by atoms with Gasteiger partial charge in [-0.05, 0) is 47.9 Å². The molecule has 180 valence electrons. The number of nitrogens with one attached hydrogen (secondary N) is 1. The minimum Gasteiger partial charge on any atom is -0.381 e. The summed E-state index contributed by atoms with van der Waals surface area (Å²) in [6.07, 6.45) is 2.59. The average Bonchev–Trinajstić information content (AvgIpc) is 3.33. The monoisotopic (exact) mass is 519 g/mol. The molecule has 1 amide bonds. The molecule has 2 saturated heterocycles. The molecule has 34 heavy (non-hydrogen) atoms. The van der Waals surface area contributed by atoms with E-state index in [1.165, 1.54) is 0 Å². The van der Waals surface area contributed by atoms with Crippen LogP contribution in [0.1, 0.15) is 24.8 Å². The molecule has 0 unspecified atom stereocenters. The lowest BCUT2D eigenvalue weighted by Gasteiger charge is -2.35. The number of carbonyl (C=O) groups excluding carboxylic acids is 1. The fraction of sp³-hybridized carbons (Fsp3) is 0.458. The number of amides is 1. The van der Waals surface area contributed by atoms with E-state index in [2.05, 4.69) is 10.2 Å². The molecule has 5 rings (SSSR count). The lowest BCUT2D eigenvalue weighted by atomic mass is 9.96. The van der Waals surface area contributed by atoms with Gasteiger partial charge in [-0.3, -0.25) is 4.79 Å². The van der Waals surface area contributed by atoms with Crippen molar-refractivity contribution in [3.8, 4) is 0 Å². The minimum absolute atomic E-state index is 0.253. The second kappa shape index (κ2) is 10.6. The number of aromatic nitrogens is 2. The molecule has 0 saturated carbocycles. The number of benzene rings is 1. The first-order valence-corrected chi connectivity index (χ1v) is 13.2. The predicted octanol–water partition coefficient (Wildman–Crippen LogP) is 5.08. The predicted molar refractivity (Wildman–Crippen MR) is 138 cm³/mol. The average molecular weight is 520 g/mol. The first-order chi connectivity index (χ1) is 16.6. The molecule has 3 aromatic rings. The third-order valence-electron chi connectivity index (χ3n) is 6.47. The van der Waals surface area contributed by atoms with Crippen molar-refractivity contribution in [1.82, 2.24) is 14.9 Å². The van der Waals surface area contributed by atoms with Crippen LogP contribution in [-0.2, 0) is 16.1 Å². The first-order valence-electron chi connectivity index (χ1n) is 11.6. The van der Waals surface area contributed by atoms with E-state index in [1.54, 1.807) is 17.4 Å². The number of thiophene rings is 1. The van der Waals surface area contributed by atoms with Crippen LogP contribution >= 0.6 is 34.5 Å². The van der Waals surface area contributed by atoms with Crippen molar-refractivity contribution in [2.75, 3.05) is 49.6 Å². The van der Waals surface area contributed by atoms with Gasteiger partial charge in [-0.1, -0.05) is 29.3 Å². The number of nitrogens with zero attached hydrogens (tertiary/aromatic N) is 4. The van der Waals surface area contributed by atoms with Gasteiger partial charge in [-0.2, -0.15) is 4.98 Å². The topological polar surface area (TPSA) is 70.6 Å². The molecule has 10 heteroatoms. The van der Waals surface area contributed by atoms with Crippen LogP contribution in [-0.4, -0.2) is 60.2 Å². The van der Waals surface area contributed by atoms with Gasteiger partial charge in [0.1, 0.15) is 5.82 Å². The minimum atomic E-state index is 0.253. The summed E-state index contributed by atoms with van der Waals surface area (Å²) in [4.78, 5) is 26.6. The SMILES string of the molecule is O=C(CC1CCOCC1)N1CCN(c2nc(NCc3ccc(Cl)cc3Cl)c3sccc3n2)CC1. The van der Waals surface area contributed by atoms with Crippen molar-refractivity contribution < 1.29 is 9.53 Å². The molecular formula is C24H27Cl2N5O2S. The van der Waals surface area contributed by atoms with Crippen molar-refractivity contribution in [3.05, 3.63) is 45.3 Å². The van der Waals surface area contributed by atoms with Gasteiger partial charge in [0, 0.05) is 62.4 Å². The summed E-state index contributed by atoms with van der Waals surface area (Å²) in [5, 5.41) is 6.70. The van der Waals surface area contributed by atoms with Crippen LogP contribution < -0.4 is 10.2 Å². The highest BCUT2D eigenvalue weighted by Crippen LogP contribution is 2.30. The Morgan fingerprint density at radius 2 is 1.91 bits per heavy atom. The third-order valence-corrected chi connectivity index (χ3v) is 7.97. The fourth-order valence-electron chi connectivity index (χ4n) is 4.44. The summed E-state index contributed by atoms with van der Waals surface area (Å²) in [5.74, 6) is 2.18. The molecule has 0 bridgehead atoms. The maximum absolute atomic E-state index is 12.8. The van der Waals surface area contributed by atoms with Crippen molar-refractivity contribution in [1.29, 1.82) is 0 Å². The van der Waals surface area contributed by atoms with Crippen LogP contribution in [0.2, 0.25) is 10.0 Å². The van der Waals surface area contributed by atoms with Gasteiger partial charge in [0.25, 0.3) is 0 Å². The van der Waals surface area contributed by atoms with Crippen LogP contribution in [0, 0.1) is 5.92 Å². The Morgan fingerprint density at radius 3 is 2.68 bits per heavy atom. The number of hydrogen-bond acceptors (Lipinski definition) is 7. The normalized spacial score (nSPS) is 17.4. The van der Waals surface area contributed by atoms with E-state index in [-0.39, 0.29) is 5.91 Å². The van der Waals surface area contributed by atoms with E-state index in [0.717, 1.165) is 60.7 Å². The summed E-state index contributed by atoms with van der Waals surface area (Å²) in [7, 11) is 0. The number of carbonyl (C=O) groups is 1. The highest BCUT2D eigenvalue weighted by Gasteiger charge is 2.26. The van der Waals surface area contributed by atoms with Crippen molar-refractivity contribution in [3.63, 3.8) is 0 Å². The Morgan fingerprint density at radius 1 is 1.12 bits per heavy atom. The zero-order chi connectivity index (χ0) is 23.5. The standard InChI is InChI=1S/C24H27Cl2N5O2S/c25-18-2-1-17(19(26)14-18)15-27-23-22-20(5-12-34-22)28-24(29-23)31-8-6-30(7-9-31)21(32)13-16-3-10-33-11-4-16/h1-2,5,12,14,16H,3-4,6-11,13,15H2,(H,27,28,29). The van der Waals surface area contributed by atoms with Crippen molar-refractivity contribution in [2.24, 2.45) is 5.92 Å². The zero-order valence-corrected chi connectivity index (χ0v) is 21.1. The Hall–Kier alpha value is -2.13. The number of halogens is 2. The molecule has 1 N–H and O–H groups in total. The van der Waals surface area contributed by atoms with E-state index < -0.39 is 0 Å². The van der Waals surface area contributed by atoms with Gasteiger partial charge in [0.15, 0.2) is 0 Å². The Bertz CT molecular complexity index is 1160. The van der Waals surface area contributed by atoms with E-state index in [4.69, 9.17) is 37.9 Å². The van der Waals surface area contributed by atoms with Crippen LogP contribution in [0.25, 0.3) is 10.2 Å². The van der Waals surface area contributed by atoms with Gasteiger partial charge >= 0.3 is 0 Å². The van der Waals surface area contributed by atoms with Crippen LogP contribution in [0.3, 0.4) is 0 Å². The highest BCUT2D eigenvalue weighted by atomic mass is 35.5. The first kappa shape index (κ1) is 23.6. The fourth-order valence-corrected chi connectivity index (χ4v) is 5.71. The molecule has 7 nitrogen and oxygen atoms in total. The van der Waals surface area contributed by atoms with Crippen LogP contribution in [0.5, 0.6) is 0 Å². The highest BCUT2D eigenvalue weighted by molar-refractivity contribution is 7.17. The molecule has 0 radical (unpaired) electrons. The number of ether oxygens (including phenoxy) is 1. The molecule has 4 heterocycles. The number of piperazine rings is 1. The van der Waals surface area contributed by atoms with Gasteiger partial charge < -0.3 is 19.9 Å². The molecule has 0 spiro atoms. The maximum atomic E-state index is 12.8. The summed E-state index contributed by atoms with van der Waals surface area (Å²) in [5.41, 5.74) is 1.87. The Kier molecular flexibility index (Phi) is 7.39. The largest absolute Gasteiger partial charge is 0.381 e. The molecule has 0 aliphatic carbocycles. The van der Waals surface area contributed by atoms with Gasteiger partial charge in [0.2, 0.25) is 11.9 Å². The third kappa shape index (κ3) is 5.40. The van der Waals surface area contributed by atoms with Crippen LogP contribution in [0.15, 0.2) is 29.6 Å². The molecule has 2 aromatic heterocycles. The van der Waals surface area contributed by atoms with Crippen molar-refractivity contribution in [2.45, 2.75) is 25.8 Å². The molecular weight excluding hydrogens is 493 g/mol. The molecule has 2 aliphatic heterocycles. The number of anilines is 2. The Labute approximate surface area is 213 Å². The van der Waals surface area contributed by atoms with Gasteiger partial charge in [-0.25, -0.2) is 4.98 Å².